The van der Waals surface area contributed by atoms with Gasteiger partial charge in [-0.1, -0.05) is 13.8 Å². The normalized spacial score (nSPS) is 29.5. The van der Waals surface area contributed by atoms with E-state index in [-0.39, 0.29) is 11.9 Å². The number of piperidine rings is 1. The average Bonchev–Trinajstić information content (AvgIpc) is 3.04. The van der Waals surface area contributed by atoms with Crippen LogP contribution in [0.5, 0.6) is 0 Å². The van der Waals surface area contributed by atoms with Crippen molar-refractivity contribution < 1.29 is 18.7 Å². The molecule has 1 aromatic rings. The molecule has 2 aliphatic heterocycles. The Morgan fingerprint density at radius 3 is 2.91 bits per heavy atom. The van der Waals surface area contributed by atoms with Crippen molar-refractivity contribution in [1.82, 2.24) is 4.90 Å². The fourth-order valence-electron chi connectivity index (χ4n) is 3.25. The highest BCUT2D eigenvalue weighted by molar-refractivity contribution is 5.81. The van der Waals surface area contributed by atoms with Crippen LogP contribution in [0.2, 0.25) is 0 Å². The van der Waals surface area contributed by atoms with Gasteiger partial charge in [0, 0.05) is 13.0 Å². The lowest BCUT2D eigenvalue weighted by molar-refractivity contribution is -0.162. The molecule has 0 N–H and O–H groups in total. The van der Waals surface area contributed by atoms with Crippen molar-refractivity contribution in [3.63, 3.8) is 0 Å². The second-order valence-corrected chi connectivity index (χ2v) is 6.27. The zero-order valence-corrected chi connectivity index (χ0v) is 13.4. The maximum atomic E-state index is 12.8. The maximum Gasteiger partial charge on any atom is 0.254 e. The molecule has 1 aromatic heterocycles. The van der Waals surface area contributed by atoms with Gasteiger partial charge in [-0.3, -0.25) is 4.79 Å². The van der Waals surface area contributed by atoms with Crippen molar-refractivity contribution in [1.29, 1.82) is 0 Å². The number of carbonyl (C=O) groups excluding carboxylic acids is 1. The summed E-state index contributed by atoms with van der Waals surface area (Å²) in [5.41, 5.74) is 0. The molecule has 0 aliphatic carbocycles. The molecule has 0 spiro atoms. The highest BCUT2D eigenvalue weighted by Gasteiger charge is 2.37. The molecule has 3 atom stereocenters. The molecule has 3 heterocycles. The third-order valence-corrected chi connectivity index (χ3v) is 4.60. The molecular formula is C17H25NO4. The van der Waals surface area contributed by atoms with E-state index in [1.165, 1.54) is 0 Å². The Labute approximate surface area is 131 Å². The smallest absolute Gasteiger partial charge is 0.254 e. The molecule has 2 aliphatic rings. The van der Waals surface area contributed by atoms with Crippen LogP contribution in [0.1, 0.15) is 44.3 Å². The van der Waals surface area contributed by atoms with Gasteiger partial charge in [-0.05, 0) is 30.9 Å². The second kappa shape index (κ2) is 6.84. The monoisotopic (exact) mass is 307 g/mol. The van der Waals surface area contributed by atoms with Crippen LogP contribution in [0.3, 0.4) is 0 Å². The van der Waals surface area contributed by atoms with Gasteiger partial charge < -0.3 is 18.8 Å². The number of likely N-dealkylation sites (tertiary alicyclic amines) is 1. The Morgan fingerprint density at radius 2 is 2.23 bits per heavy atom. The van der Waals surface area contributed by atoms with Gasteiger partial charge in [0.2, 0.25) is 0 Å². The summed E-state index contributed by atoms with van der Waals surface area (Å²) in [5.74, 6) is 2.49. The summed E-state index contributed by atoms with van der Waals surface area (Å²) in [5, 5.41) is 0. The summed E-state index contributed by atoms with van der Waals surface area (Å²) in [6.45, 7) is 6.48. The van der Waals surface area contributed by atoms with Gasteiger partial charge in [0.15, 0.2) is 6.10 Å². The maximum absolute atomic E-state index is 12.8. The van der Waals surface area contributed by atoms with Crippen LogP contribution in [0, 0.1) is 5.92 Å². The quantitative estimate of drug-likeness (QED) is 0.861. The van der Waals surface area contributed by atoms with E-state index in [0.717, 1.165) is 37.3 Å². The topological polar surface area (TPSA) is 51.9 Å². The van der Waals surface area contributed by atoms with Crippen LogP contribution >= 0.6 is 0 Å². The minimum atomic E-state index is -0.467. The van der Waals surface area contributed by atoms with E-state index in [9.17, 15) is 4.79 Å². The zero-order chi connectivity index (χ0) is 15.5. The molecule has 3 rings (SSSR count). The number of rotatable bonds is 3. The Kier molecular flexibility index (Phi) is 4.84. The van der Waals surface area contributed by atoms with Crippen molar-refractivity contribution in [3.8, 4) is 0 Å². The number of carbonyl (C=O) groups is 1. The molecule has 122 valence electrons. The van der Waals surface area contributed by atoms with E-state index < -0.39 is 6.10 Å². The van der Waals surface area contributed by atoms with Gasteiger partial charge in [-0.2, -0.15) is 0 Å². The standard InChI is InChI=1S/C17H25NO4/c1-3-13-4-5-15(22-13)14-10-12(2)6-7-18(14)17(19)16-11-20-8-9-21-16/h4-5,12,14,16H,3,6-11H2,1-2H3/t12-,14+,16-/m1/s1. The van der Waals surface area contributed by atoms with E-state index in [0.29, 0.717) is 25.7 Å². The third kappa shape index (κ3) is 3.20. The molecule has 5 nitrogen and oxygen atoms in total. The number of amides is 1. The molecule has 22 heavy (non-hydrogen) atoms. The summed E-state index contributed by atoms with van der Waals surface area (Å²) in [4.78, 5) is 14.7. The van der Waals surface area contributed by atoms with Gasteiger partial charge in [0.1, 0.15) is 11.5 Å². The van der Waals surface area contributed by atoms with Gasteiger partial charge in [0.05, 0.1) is 25.9 Å². The molecule has 5 heteroatoms. The predicted octanol–water partition coefficient (Wildman–Crippen LogP) is 2.56. The average molecular weight is 307 g/mol. The van der Waals surface area contributed by atoms with Crippen molar-refractivity contribution in [2.45, 2.75) is 45.3 Å². The van der Waals surface area contributed by atoms with Crippen LogP contribution in [0.15, 0.2) is 16.5 Å². The van der Waals surface area contributed by atoms with Crippen molar-refractivity contribution >= 4 is 5.91 Å². The van der Waals surface area contributed by atoms with E-state index in [1.807, 2.05) is 17.0 Å². The zero-order valence-electron chi connectivity index (χ0n) is 13.4. The molecule has 1 amide bonds. The Bertz CT molecular complexity index is 507. The predicted molar refractivity (Wildman–Crippen MR) is 81.5 cm³/mol. The van der Waals surface area contributed by atoms with Gasteiger partial charge in [0.25, 0.3) is 5.91 Å². The van der Waals surface area contributed by atoms with E-state index in [2.05, 4.69) is 13.8 Å². The van der Waals surface area contributed by atoms with Gasteiger partial charge in [-0.25, -0.2) is 0 Å². The summed E-state index contributed by atoms with van der Waals surface area (Å²) >= 11 is 0. The summed E-state index contributed by atoms with van der Waals surface area (Å²) < 4.78 is 16.9. The van der Waals surface area contributed by atoms with Crippen LogP contribution in [0.25, 0.3) is 0 Å². The fraction of sp³-hybridized carbons (Fsp3) is 0.706. The van der Waals surface area contributed by atoms with E-state index in [4.69, 9.17) is 13.9 Å². The first-order valence-corrected chi connectivity index (χ1v) is 8.27. The Hall–Kier alpha value is -1.33. The van der Waals surface area contributed by atoms with Gasteiger partial charge in [-0.15, -0.1) is 0 Å². The molecule has 0 bridgehead atoms. The third-order valence-electron chi connectivity index (χ3n) is 4.60. The molecule has 2 saturated heterocycles. The van der Waals surface area contributed by atoms with E-state index >= 15 is 0 Å². The number of hydrogen-bond donors (Lipinski definition) is 0. The fourth-order valence-corrected chi connectivity index (χ4v) is 3.25. The second-order valence-electron chi connectivity index (χ2n) is 6.27. The highest BCUT2D eigenvalue weighted by Crippen LogP contribution is 2.35. The minimum Gasteiger partial charge on any atom is -0.464 e. The molecule has 0 unspecified atom stereocenters. The highest BCUT2D eigenvalue weighted by atomic mass is 16.6. The van der Waals surface area contributed by atoms with Crippen molar-refractivity contribution in [3.05, 3.63) is 23.7 Å². The molecule has 0 saturated carbocycles. The molecule has 0 aromatic carbocycles. The van der Waals surface area contributed by atoms with Gasteiger partial charge >= 0.3 is 0 Å². The number of ether oxygens (including phenoxy) is 2. The van der Waals surface area contributed by atoms with E-state index in [1.54, 1.807) is 0 Å². The SMILES string of the molecule is CCc1ccc([C@@H]2C[C@H](C)CCN2C(=O)[C@H]2COCCO2)o1. The van der Waals surface area contributed by atoms with Crippen LogP contribution < -0.4 is 0 Å². The van der Waals surface area contributed by atoms with Crippen LogP contribution in [-0.2, 0) is 20.7 Å². The summed E-state index contributed by atoms with van der Waals surface area (Å²) in [7, 11) is 0. The number of furan rings is 1. The van der Waals surface area contributed by atoms with Crippen LogP contribution in [-0.4, -0.2) is 43.3 Å². The lowest BCUT2D eigenvalue weighted by Gasteiger charge is -2.39. The summed E-state index contributed by atoms with van der Waals surface area (Å²) in [6, 6.07) is 4.04. The summed E-state index contributed by atoms with van der Waals surface area (Å²) in [6.07, 6.45) is 2.37. The largest absolute Gasteiger partial charge is 0.464 e. The molecule has 0 radical (unpaired) electrons. The Balaban J connectivity index is 1.78. The van der Waals surface area contributed by atoms with Crippen LogP contribution in [0.4, 0.5) is 0 Å². The lowest BCUT2D eigenvalue weighted by atomic mass is 9.90. The number of aryl methyl sites for hydroxylation is 1. The lowest BCUT2D eigenvalue weighted by Crippen LogP contribution is -2.49. The first-order chi connectivity index (χ1) is 10.7. The first kappa shape index (κ1) is 15.6. The number of nitrogens with zero attached hydrogens (tertiary/aromatic N) is 1. The Morgan fingerprint density at radius 1 is 1.36 bits per heavy atom. The van der Waals surface area contributed by atoms with Crippen molar-refractivity contribution in [2.24, 2.45) is 5.92 Å². The molecular weight excluding hydrogens is 282 g/mol. The number of hydrogen-bond acceptors (Lipinski definition) is 4. The molecule has 2 fully saturated rings. The minimum absolute atomic E-state index is 0.0158. The van der Waals surface area contributed by atoms with Crippen molar-refractivity contribution in [2.75, 3.05) is 26.4 Å². The first-order valence-electron chi connectivity index (χ1n) is 8.27.